The van der Waals surface area contributed by atoms with Crippen LogP contribution in [0.4, 0.5) is 20.2 Å². The molecule has 0 aliphatic carbocycles. The number of nitrogens with one attached hydrogen (secondary N) is 1. The Kier molecular flexibility index (Phi) is 3.34. The van der Waals surface area contributed by atoms with E-state index in [2.05, 4.69) is 4.98 Å². The van der Waals surface area contributed by atoms with Crippen molar-refractivity contribution in [1.82, 2.24) is 4.98 Å². The first kappa shape index (κ1) is 13.2. The van der Waals surface area contributed by atoms with Crippen LogP contribution in [0.3, 0.4) is 0 Å². The molecule has 0 atom stereocenters. The second-order valence-electron chi connectivity index (χ2n) is 3.68. The van der Waals surface area contributed by atoms with Crippen molar-refractivity contribution in [3.63, 3.8) is 0 Å². The van der Waals surface area contributed by atoms with Crippen LogP contribution in [-0.4, -0.2) is 13.4 Å². The van der Waals surface area contributed by atoms with Crippen molar-refractivity contribution >= 4 is 21.4 Å². The van der Waals surface area contributed by atoms with Crippen LogP contribution >= 0.6 is 0 Å². The number of nitrogens with zero attached hydrogens (tertiary/aromatic N) is 1. The first-order chi connectivity index (χ1) is 8.88. The standard InChI is InChI=1S/C11H9F2N3O2S/c12-7-3-8(13)5-9(4-7)16-19(17,18)11-6-15-2-1-10(11)14/h1-6,16H,(H2,14,15). The van der Waals surface area contributed by atoms with Gasteiger partial charge in [-0.25, -0.2) is 17.2 Å². The van der Waals surface area contributed by atoms with Crippen LogP contribution in [0, 0.1) is 11.6 Å². The van der Waals surface area contributed by atoms with E-state index in [4.69, 9.17) is 5.73 Å². The normalized spacial score (nSPS) is 11.3. The molecule has 0 amide bonds. The summed E-state index contributed by atoms with van der Waals surface area (Å²) in [5, 5.41) is 0. The average Bonchev–Trinajstić information content (AvgIpc) is 2.26. The summed E-state index contributed by atoms with van der Waals surface area (Å²) in [6, 6.07) is 3.65. The number of anilines is 2. The van der Waals surface area contributed by atoms with E-state index < -0.39 is 21.7 Å². The van der Waals surface area contributed by atoms with Gasteiger partial charge in [0.15, 0.2) is 0 Å². The number of sulfonamides is 1. The number of nitrogen functional groups attached to an aromatic ring is 1. The van der Waals surface area contributed by atoms with Crippen molar-refractivity contribution in [3.8, 4) is 0 Å². The molecule has 8 heteroatoms. The van der Waals surface area contributed by atoms with Gasteiger partial charge >= 0.3 is 0 Å². The topological polar surface area (TPSA) is 85.1 Å². The molecule has 3 N–H and O–H groups in total. The Hall–Kier alpha value is -2.22. The van der Waals surface area contributed by atoms with Gasteiger partial charge in [0.1, 0.15) is 16.5 Å². The fourth-order valence-electron chi connectivity index (χ4n) is 1.44. The molecule has 2 rings (SSSR count). The Bertz CT molecular complexity index is 699. The summed E-state index contributed by atoms with van der Waals surface area (Å²) < 4.78 is 51.9. The van der Waals surface area contributed by atoms with Gasteiger partial charge in [0.25, 0.3) is 10.0 Å². The number of nitrogens with two attached hydrogens (primary N) is 1. The third kappa shape index (κ3) is 2.97. The molecule has 0 saturated carbocycles. The number of halogens is 2. The Morgan fingerprint density at radius 3 is 2.37 bits per heavy atom. The predicted octanol–water partition coefficient (Wildman–Crippen LogP) is 1.74. The lowest BCUT2D eigenvalue weighted by molar-refractivity contribution is 0.584. The lowest BCUT2D eigenvalue weighted by atomic mass is 10.3. The Labute approximate surface area is 108 Å². The molecule has 0 spiro atoms. The van der Waals surface area contributed by atoms with Crippen LogP contribution in [0.15, 0.2) is 41.6 Å². The Balaban J connectivity index is 2.39. The molecule has 2 aromatic rings. The molecule has 1 aromatic heterocycles. The molecule has 0 radical (unpaired) electrons. The summed E-state index contributed by atoms with van der Waals surface area (Å²) in [5.74, 6) is -1.78. The predicted molar refractivity (Wildman–Crippen MR) is 65.8 cm³/mol. The average molecular weight is 285 g/mol. The molecule has 0 unspecified atom stereocenters. The fraction of sp³-hybridized carbons (Fsp3) is 0. The molecule has 0 saturated heterocycles. The lowest BCUT2D eigenvalue weighted by Crippen LogP contribution is -2.15. The third-order valence-corrected chi connectivity index (χ3v) is 3.65. The SMILES string of the molecule is Nc1ccncc1S(=O)(=O)Nc1cc(F)cc(F)c1. The summed E-state index contributed by atoms with van der Waals surface area (Å²) in [5.41, 5.74) is 5.26. The highest BCUT2D eigenvalue weighted by molar-refractivity contribution is 7.92. The number of aromatic nitrogens is 1. The second-order valence-corrected chi connectivity index (χ2v) is 5.33. The zero-order chi connectivity index (χ0) is 14.0. The van der Waals surface area contributed by atoms with Crippen LogP contribution in [0.1, 0.15) is 0 Å². The molecule has 1 aromatic carbocycles. The third-order valence-electron chi connectivity index (χ3n) is 2.22. The van der Waals surface area contributed by atoms with Crippen LogP contribution in [0.25, 0.3) is 0 Å². The minimum atomic E-state index is -4.05. The lowest BCUT2D eigenvalue weighted by Gasteiger charge is -2.09. The molecule has 5 nitrogen and oxygen atoms in total. The molecule has 0 fully saturated rings. The van der Waals surface area contributed by atoms with Gasteiger partial charge in [-0.3, -0.25) is 9.71 Å². The monoisotopic (exact) mass is 285 g/mol. The van der Waals surface area contributed by atoms with E-state index in [1.807, 2.05) is 4.72 Å². The van der Waals surface area contributed by atoms with Crippen LogP contribution in [0.5, 0.6) is 0 Å². The second kappa shape index (κ2) is 4.81. The molecule has 1 heterocycles. The number of pyridine rings is 1. The van der Waals surface area contributed by atoms with Crippen LogP contribution < -0.4 is 10.5 Å². The first-order valence-corrected chi connectivity index (χ1v) is 6.55. The van der Waals surface area contributed by atoms with Gasteiger partial charge in [0.05, 0.1) is 11.4 Å². The molecule has 0 aliphatic heterocycles. The molecule has 0 aliphatic rings. The van der Waals surface area contributed by atoms with E-state index in [1.54, 1.807) is 0 Å². The quantitative estimate of drug-likeness (QED) is 0.899. The van der Waals surface area contributed by atoms with Gasteiger partial charge in [0.2, 0.25) is 0 Å². The van der Waals surface area contributed by atoms with Gasteiger partial charge < -0.3 is 5.73 Å². The van der Waals surface area contributed by atoms with E-state index >= 15 is 0 Å². The molecular formula is C11H9F2N3O2S. The van der Waals surface area contributed by atoms with Gasteiger partial charge in [0, 0.05) is 18.5 Å². The summed E-state index contributed by atoms with van der Waals surface area (Å²) in [7, 11) is -4.05. The Morgan fingerprint density at radius 1 is 1.16 bits per heavy atom. The highest BCUT2D eigenvalue weighted by Crippen LogP contribution is 2.21. The van der Waals surface area contributed by atoms with E-state index in [1.165, 1.54) is 12.3 Å². The first-order valence-electron chi connectivity index (χ1n) is 5.07. The van der Waals surface area contributed by atoms with Crippen molar-refractivity contribution in [2.75, 3.05) is 10.5 Å². The summed E-state index contributed by atoms with van der Waals surface area (Å²) in [4.78, 5) is 3.38. The van der Waals surface area contributed by atoms with Gasteiger partial charge in [-0.15, -0.1) is 0 Å². The minimum absolute atomic E-state index is 0.0145. The maximum atomic E-state index is 13.0. The zero-order valence-corrected chi connectivity index (χ0v) is 10.3. The Morgan fingerprint density at radius 2 is 1.79 bits per heavy atom. The highest BCUT2D eigenvalue weighted by Gasteiger charge is 2.18. The van der Waals surface area contributed by atoms with Crippen LogP contribution in [0.2, 0.25) is 0 Å². The van der Waals surface area contributed by atoms with Gasteiger partial charge in [-0.1, -0.05) is 0 Å². The van der Waals surface area contributed by atoms with Crippen LogP contribution in [-0.2, 0) is 10.0 Å². The van der Waals surface area contributed by atoms with Crippen molar-refractivity contribution in [1.29, 1.82) is 0 Å². The van der Waals surface area contributed by atoms with Crippen molar-refractivity contribution in [2.45, 2.75) is 4.90 Å². The number of benzene rings is 1. The molecule has 100 valence electrons. The van der Waals surface area contributed by atoms with Crippen molar-refractivity contribution < 1.29 is 17.2 Å². The van der Waals surface area contributed by atoms with E-state index in [0.717, 1.165) is 18.3 Å². The van der Waals surface area contributed by atoms with E-state index in [-0.39, 0.29) is 16.3 Å². The number of hydrogen-bond donors (Lipinski definition) is 2. The van der Waals surface area contributed by atoms with Gasteiger partial charge in [-0.05, 0) is 18.2 Å². The maximum Gasteiger partial charge on any atom is 0.265 e. The van der Waals surface area contributed by atoms with Gasteiger partial charge in [-0.2, -0.15) is 0 Å². The summed E-state index contributed by atoms with van der Waals surface area (Å²) in [6.45, 7) is 0. The smallest absolute Gasteiger partial charge is 0.265 e. The molecule has 0 bridgehead atoms. The highest BCUT2D eigenvalue weighted by atomic mass is 32.2. The minimum Gasteiger partial charge on any atom is -0.398 e. The number of rotatable bonds is 3. The zero-order valence-electron chi connectivity index (χ0n) is 9.47. The number of hydrogen-bond acceptors (Lipinski definition) is 4. The largest absolute Gasteiger partial charge is 0.398 e. The van der Waals surface area contributed by atoms with Crippen molar-refractivity contribution in [2.24, 2.45) is 0 Å². The van der Waals surface area contributed by atoms with E-state index in [9.17, 15) is 17.2 Å². The fourth-order valence-corrected chi connectivity index (χ4v) is 2.55. The van der Waals surface area contributed by atoms with Crippen molar-refractivity contribution in [3.05, 3.63) is 48.3 Å². The van der Waals surface area contributed by atoms with E-state index in [0.29, 0.717) is 6.07 Å². The molecule has 19 heavy (non-hydrogen) atoms. The summed E-state index contributed by atoms with van der Waals surface area (Å²) in [6.07, 6.45) is 2.38. The maximum absolute atomic E-state index is 13.0. The molecular weight excluding hydrogens is 276 g/mol. The summed E-state index contributed by atoms with van der Waals surface area (Å²) >= 11 is 0.